The number of nitrogens with one attached hydrogen (secondary N) is 1. The monoisotopic (exact) mass is 414 g/mol. The van der Waals surface area contributed by atoms with Crippen LogP contribution in [0.5, 0.6) is 0 Å². The van der Waals surface area contributed by atoms with Crippen molar-refractivity contribution in [1.82, 2.24) is 20.1 Å². The maximum Gasteiger partial charge on any atom is 0.216 e. The maximum atomic E-state index is 12.4. The molecule has 0 aliphatic carbocycles. The lowest BCUT2D eigenvalue weighted by atomic mass is 10.2. The maximum absolute atomic E-state index is 12.4. The van der Waals surface area contributed by atoms with Crippen LogP contribution < -0.4 is 5.32 Å². The van der Waals surface area contributed by atoms with Crippen LogP contribution in [0.25, 0.3) is 5.69 Å². The van der Waals surface area contributed by atoms with Crippen LogP contribution in [-0.4, -0.2) is 38.8 Å². The van der Waals surface area contributed by atoms with Crippen molar-refractivity contribution in [1.29, 1.82) is 0 Å². The van der Waals surface area contributed by atoms with E-state index in [0.29, 0.717) is 34.5 Å². The number of rotatable bonds is 8. The SMILES string of the molecule is CC(=O)NCCc1nnc(SCC(=O)c2ccccc2)n1-c1cccc(Cl)c1. The first-order valence-electron chi connectivity index (χ1n) is 8.70. The fourth-order valence-corrected chi connectivity index (χ4v) is 3.67. The van der Waals surface area contributed by atoms with Crippen molar-refractivity contribution < 1.29 is 9.59 Å². The molecule has 0 fully saturated rings. The van der Waals surface area contributed by atoms with Crippen LogP contribution >= 0.6 is 23.4 Å². The second-order valence-electron chi connectivity index (χ2n) is 6.02. The van der Waals surface area contributed by atoms with Gasteiger partial charge in [-0.05, 0) is 18.2 Å². The summed E-state index contributed by atoms with van der Waals surface area (Å²) >= 11 is 7.47. The van der Waals surface area contributed by atoms with Gasteiger partial charge in [0.25, 0.3) is 0 Å². The summed E-state index contributed by atoms with van der Waals surface area (Å²) in [5, 5.41) is 12.5. The van der Waals surface area contributed by atoms with Crippen LogP contribution in [-0.2, 0) is 11.2 Å². The van der Waals surface area contributed by atoms with Gasteiger partial charge in [0.1, 0.15) is 5.82 Å². The first-order chi connectivity index (χ1) is 13.5. The lowest BCUT2D eigenvalue weighted by Gasteiger charge is -2.11. The standard InChI is InChI=1S/C20H19ClN4O2S/c1-14(26)22-11-10-19-23-24-20(25(19)17-9-5-8-16(21)12-17)28-13-18(27)15-6-3-2-4-7-15/h2-9,12H,10-11,13H2,1H3,(H,22,26). The number of carbonyl (C=O) groups excluding carboxylic acids is 2. The van der Waals surface area contributed by atoms with E-state index >= 15 is 0 Å². The molecule has 2 aromatic carbocycles. The van der Waals surface area contributed by atoms with E-state index in [4.69, 9.17) is 11.6 Å². The molecule has 8 heteroatoms. The van der Waals surface area contributed by atoms with Gasteiger partial charge in [-0.3, -0.25) is 14.2 Å². The normalized spacial score (nSPS) is 10.6. The summed E-state index contributed by atoms with van der Waals surface area (Å²) in [5.41, 5.74) is 1.47. The largest absolute Gasteiger partial charge is 0.356 e. The third-order valence-corrected chi connectivity index (χ3v) is 5.08. The number of carbonyl (C=O) groups is 2. The van der Waals surface area contributed by atoms with Crippen molar-refractivity contribution in [2.75, 3.05) is 12.3 Å². The zero-order chi connectivity index (χ0) is 19.9. The van der Waals surface area contributed by atoms with E-state index in [2.05, 4.69) is 15.5 Å². The van der Waals surface area contributed by atoms with E-state index in [0.717, 1.165) is 5.69 Å². The molecule has 0 spiro atoms. The molecule has 3 aromatic rings. The van der Waals surface area contributed by atoms with Crippen molar-refractivity contribution in [2.24, 2.45) is 0 Å². The average molecular weight is 415 g/mol. The van der Waals surface area contributed by atoms with E-state index in [1.807, 2.05) is 41.0 Å². The predicted octanol–water partition coefficient (Wildman–Crippen LogP) is 3.57. The third kappa shape index (κ3) is 5.21. The van der Waals surface area contributed by atoms with Crippen LogP contribution in [0.15, 0.2) is 59.8 Å². The van der Waals surface area contributed by atoms with Gasteiger partial charge in [0, 0.05) is 30.5 Å². The molecule has 1 N–H and O–H groups in total. The van der Waals surface area contributed by atoms with Gasteiger partial charge >= 0.3 is 0 Å². The number of halogens is 1. The molecule has 0 unspecified atom stereocenters. The minimum atomic E-state index is -0.100. The fourth-order valence-electron chi connectivity index (χ4n) is 2.62. The van der Waals surface area contributed by atoms with Crippen molar-refractivity contribution in [2.45, 2.75) is 18.5 Å². The Labute approximate surface area is 172 Å². The van der Waals surface area contributed by atoms with E-state index in [1.54, 1.807) is 18.2 Å². The van der Waals surface area contributed by atoms with Gasteiger partial charge in [0.2, 0.25) is 5.91 Å². The highest BCUT2D eigenvalue weighted by atomic mass is 35.5. The highest BCUT2D eigenvalue weighted by Gasteiger charge is 2.16. The Bertz CT molecular complexity index is 975. The van der Waals surface area contributed by atoms with Gasteiger partial charge in [-0.15, -0.1) is 10.2 Å². The summed E-state index contributed by atoms with van der Waals surface area (Å²) < 4.78 is 1.87. The molecule has 0 aliphatic rings. The summed E-state index contributed by atoms with van der Waals surface area (Å²) in [5.74, 6) is 0.850. The smallest absolute Gasteiger partial charge is 0.216 e. The van der Waals surface area contributed by atoms with Crippen molar-refractivity contribution >= 4 is 35.1 Å². The molecule has 0 bridgehead atoms. The zero-order valence-corrected chi connectivity index (χ0v) is 16.8. The minimum absolute atomic E-state index is 0.0195. The number of Topliss-reactive ketones (excluding diaryl/α,β-unsaturated/α-hetero) is 1. The van der Waals surface area contributed by atoms with Crippen LogP contribution in [0.3, 0.4) is 0 Å². The van der Waals surface area contributed by atoms with Gasteiger partial charge < -0.3 is 5.32 Å². The minimum Gasteiger partial charge on any atom is -0.356 e. The first kappa shape index (κ1) is 20.1. The number of nitrogens with zero attached hydrogens (tertiary/aromatic N) is 3. The van der Waals surface area contributed by atoms with E-state index in [-0.39, 0.29) is 17.4 Å². The topological polar surface area (TPSA) is 76.9 Å². The summed E-state index contributed by atoms with van der Waals surface area (Å²) in [4.78, 5) is 23.6. The number of hydrogen-bond donors (Lipinski definition) is 1. The zero-order valence-electron chi connectivity index (χ0n) is 15.3. The summed E-state index contributed by atoms with van der Waals surface area (Å²) in [7, 11) is 0. The summed E-state index contributed by atoms with van der Waals surface area (Å²) in [6, 6.07) is 16.5. The Kier molecular flexibility index (Phi) is 6.84. The highest BCUT2D eigenvalue weighted by molar-refractivity contribution is 7.99. The lowest BCUT2D eigenvalue weighted by Crippen LogP contribution is -2.23. The first-order valence-corrected chi connectivity index (χ1v) is 10.1. The van der Waals surface area contributed by atoms with Crippen LogP contribution in [0.1, 0.15) is 23.1 Å². The second kappa shape index (κ2) is 9.52. The molecule has 1 aromatic heterocycles. The number of ketones is 1. The van der Waals surface area contributed by atoms with Gasteiger partial charge in [0.15, 0.2) is 10.9 Å². The molecule has 144 valence electrons. The van der Waals surface area contributed by atoms with Crippen molar-refractivity contribution in [3.63, 3.8) is 0 Å². The van der Waals surface area contributed by atoms with E-state index < -0.39 is 0 Å². The van der Waals surface area contributed by atoms with Crippen molar-refractivity contribution in [3.05, 3.63) is 71.0 Å². The second-order valence-corrected chi connectivity index (χ2v) is 7.40. The molecule has 3 rings (SSSR count). The Morgan fingerprint density at radius 1 is 1.11 bits per heavy atom. The Hall–Kier alpha value is -2.64. The number of benzene rings is 2. The molecule has 0 atom stereocenters. The molecule has 0 aliphatic heterocycles. The molecular formula is C20H19ClN4O2S. The number of thioether (sulfide) groups is 1. The van der Waals surface area contributed by atoms with Crippen LogP contribution in [0.2, 0.25) is 5.02 Å². The Morgan fingerprint density at radius 3 is 2.61 bits per heavy atom. The van der Waals surface area contributed by atoms with E-state index in [1.165, 1.54) is 18.7 Å². The third-order valence-electron chi connectivity index (χ3n) is 3.92. The average Bonchev–Trinajstić information content (AvgIpc) is 3.09. The van der Waals surface area contributed by atoms with Gasteiger partial charge in [-0.2, -0.15) is 0 Å². The summed E-state index contributed by atoms with van der Waals surface area (Å²) in [6.07, 6.45) is 0.506. The summed E-state index contributed by atoms with van der Waals surface area (Å²) in [6.45, 7) is 1.92. The lowest BCUT2D eigenvalue weighted by molar-refractivity contribution is -0.118. The van der Waals surface area contributed by atoms with Gasteiger partial charge in [-0.25, -0.2) is 0 Å². The Balaban J connectivity index is 1.82. The predicted molar refractivity (Wildman–Crippen MR) is 110 cm³/mol. The quantitative estimate of drug-likeness (QED) is 0.450. The van der Waals surface area contributed by atoms with Gasteiger partial charge in [0.05, 0.1) is 11.4 Å². The van der Waals surface area contributed by atoms with Crippen LogP contribution in [0, 0.1) is 0 Å². The molecule has 28 heavy (non-hydrogen) atoms. The molecule has 6 nitrogen and oxygen atoms in total. The Morgan fingerprint density at radius 2 is 1.89 bits per heavy atom. The molecular weight excluding hydrogens is 396 g/mol. The number of aromatic nitrogens is 3. The molecule has 0 saturated carbocycles. The molecule has 0 radical (unpaired) electrons. The van der Waals surface area contributed by atoms with E-state index in [9.17, 15) is 9.59 Å². The molecule has 0 saturated heterocycles. The highest BCUT2D eigenvalue weighted by Crippen LogP contribution is 2.25. The van der Waals surface area contributed by atoms with Crippen LogP contribution in [0.4, 0.5) is 0 Å². The fraction of sp³-hybridized carbons (Fsp3) is 0.200. The molecule has 1 heterocycles. The van der Waals surface area contributed by atoms with Crippen molar-refractivity contribution in [3.8, 4) is 5.69 Å². The number of amides is 1. The number of hydrogen-bond acceptors (Lipinski definition) is 5. The molecule has 1 amide bonds. The van der Waals surface area contributed by atoms with Gasteiger partial charge in [-0.1, -0.05) is 59.8 Å².